The van der Waals surface area contributed by atoms with Crippen molar-refractivity contribution in [2.75, 3.05) is 13.6 Å². The monoisotopic (exact) mass is 223 g/mol. The highest BCUT2D eigenvalue weighted by Gasteiger charge is 2.08. The van der Waals surface area contributed by atoms with E-state index in [9.17, 15) is 0 Å². The number of hydrogen-bond donors (Lipinski definition) is 1. The van der Waals surface area contributed by atoms with Crippen LogP contribution in [0.1, 0.15) is 12.3 Å². The summed E-state index contributed by atoms with van der Waals surface area (Å²) in [5, 5.41) is 9.03. The lowest BCUT2D eigenvalue weighted by Gasteiger charge is -1.93. The van der Waals surface area contributed by atoms with Crippen LogP contribution in [0.2, 0.25) is 0 Å². The summed E-state index contributed by atoms with van der Waals surface area (Å²) in [7, 11) is 1.94. The summed E-state index contributed by atoms with van der Waals surface area (Å²) in [6.07, 6.45) is 1.85. The lowest BCUT2D eigenvalue weighted by molar-refractivity contribution is 0.375. The van der Waals surface area contributed by atoms with Gasteiger partial charge in [0, 0.05) is 6.42 Å². The average Bonchev–Trinajstić information content (AvgIpc) is 2.87. The molecular weight excluding hydrogens is 210 g/mol. The second-order valence-corrected chi connectivity index (χ2v) is 4.14. The van der Waals surface area contributed by atoms with Gasteiger partial charge in [-0.1, -0.05) is 11.2 Å². The molecule has 80 valence electrons. The van der Waals surface area contributed by atoms with Gasteiger partial charge in [0.25, 0.3) is 0 Å². The molecular formula is C10H13N3OS. The van der Waals surface area contributed by atoms with E-state index in [4.69, 9.17) is 4.52 Å². The van der Waals surface area contributed by atoms with Gasteiger partial charge >= 0.3 is 0 Å². The lowest BCUT2D eigenvalue weighted by Crippen LogP contribution is -2.08. The summed E-state index contributed by atoms with van der Waals surface area (Å²) in [6, 6.07) is 3.98. The number of rotatable bonds is 5. The van der Waals surface area contributed by atoms with Gasteiger partial charge in [0.15, 0.2) is 0 Å². The number of aryl methyl sites for hydroxylation is 1. The Labute approximate surface area is 92.3 Å². The van der Waals surface area contributed by atoms with Crippen LogP contribution in [-0.2, 0) is 6.42 Å². The molecule has 0 fully saturated rings. The molecule has 2 rings (SSSR count). The van der Waals surface area contributed by atoms with Crippen LogP contribution in [0.5, 0.6) is 0 Å². The molecule has 1 N–H and O–H groups in total. The zero-order valence-corrected chi connectivity index (χ0v) is 9.38. The summed E-state index contributed by atoms with van der Waals surface area (Å²) in [6.45, 7) is 0.969. The van der Waals surface area contributed by atoms with Gasteiger partial charge in [-0.25, -0.2) is 0 Å². The van der Waals surface area contributed by atoms with E-state index < -0.39 is 0 Å². The van der Waals surface area contributed by atoms with Crippen molar-refractivity contribution in [1.29, 1.82) is 0 Å². The molecule has 0 saturated heterocycles. The molecule has 0 bridgehead atoms. The second-order valence-electron chi connectivity index (χ2n) is 3.20. The van der Waals surface area contributed by atoms with Crippen LogP contribution in [0.25, 0.3) is 10.7 Å². The normalized spacial score (nSPS) is 10.7. The number of hydrogen-bond acceptors (Lipinski definition) is 5. The maximum atomic E-state index is 5.15. The van der Waals surface area contributed by atoms with Gasteiger partial charge in [0.1, 0.15) is 0 Å². The van der Waals surface area contributed by atoms with Crippen LogP contribution in [-0.4, -0.2) is 23.7 Å². The van der Waals surface area contributed by atoms with E-state index >= 15 is 0 Å². The molecule has 0 amide bonds. The third-order valence-electron chi connectivity index (χ3n) is 2.03. The van der Waals surface area contributed by atoms with Gasteiger partial charge in [-0.2, -0.15) is 4.98 Å². The highest BCUT2D eigenvalue weighted by Crippen LogP contribution is 2.21. The minimum atomic E-state index is 0.699. The first-order valence-corrected chi connectivity index (χ1v) is 5.79. The van der Waals surface area contributed by atoms with Crippen molar-refractivity contribution in [3.8, 4) is 10.7 Å². The van der Waals surface area contributed by atoms with Crippen LogP contribution in [0, 0.1) is 0 Å². The minimum absolute atomic E-state index is 0.699. The quantitative estimate of drug-likeness (QED) is 0.787. The Morgan fingerprint density at radius 3 is 3.20 bits per heavy atom. The molecule has 0 aromatic carbocycles. The summed E-state index contributed by atoms with van der Waals surface area (Å²) < 4.78 is 5.15. The van der Waals surface area contributed by atoms with Crippen molar-refractivity contribution in [1.82, 2.24) is 15.5 Å². The van der Waals surface area contributed by atoms with Gasteiger partial charge < -0.3 is 9.84 Å². The summed E-state index contributed by atoms with van der Waals surface area (Å²) in [5.41, 5.74) is 0. The highest BCUT2D eigenvalue weighted by atomic mass is 32.1. The molecule has 0 radical (unpaired) electrons. The standard InChI is InChI=1S/C10H13N3OS/c1-11-6-2-5-9-12-10(13-14-9)8-4-3-7-15-8/h3-4,7,11H,2,5-6H2,1H3. The first-order valence-electron chi connectivity index (χ1n) is 4.91. The minimum Gasteiger partial charge on any atom is -0.339 e. The van der Waals surface area contributed by atoms with Gasteiger partial charge in [-0.3, -0.25) is 0 Å². The summed E-state index contributed by atoms with van der Waals surface area (Å²) in [5.74, 6) is 1.41. The molecule has 0 aliphatic carbocycles. The molecule has 0 aliphatic rings. The molecule has 2 aromatic heterocycles. The van der Waals surface area contributed by atoms with Crippen molar-refractivity contribution in [3.63, 3.8) is 0 Å². The fourth-order valence-corrected chi connectivity index (χ4v) is 1.93. The van der Waals surface area contributed by atoms with E-state index in [0.29, 0.717) is 11.7 Å². The van der Waals surface area contributed by atoms with Crippen LogP contribution in [0.4, 0.5) is 0 Å². The van der Waals surface area contributed by atoms with Crippen LogP contribution in [0.3, 0.4) is 0 Å². The maximum absolute atomic E-state index is 5.15. The molecule has 2 heterocycles. The van der Waals surface area contributed by atoms with Crippen LogP contribution >= 0.6 is 11.3 Å². The SMILES string of the molecule is CNCCCc1nc(-c2cccs2)no1. The molecule has 5 heteroatoms. The Hall–Kier alpha value is -1.20. The smallest absolute Gasteiger partial charge is 0.227 e. The largest absolute Gasteiger partial charge is 0.339 e. The van der Waals surface area contributed by atoms with Gasteiger partial charge in [0.05, 0.1) is 4.88 Å². The summed E-state index contributed by atoms with van der Waals surface area (Å²) >= 11 is 1.62. The summed E-state index contributed by atoms with van der Waals surface area (Å²) in [4.78, 5) is 5.38. The molecule has 2 aromatic rings. The van der Waals surface area contributed by atoms with Crippen molar-refractivity contribution in [3.05, 3.63) is 23.4 Å². The van der Waals surface area contributed by atoms with Gasteiger partial charge in [0.2, 0.25) is 11.7 Å². The Kier molecular flexibility index (Phi) is 3.47. The molecule has 4 nitrogen and oxygen atoms in total. The zero-order chi connectivity index (χ0) is 10.5. The van der Waals surface area contributed by atoms with E-state index in [-0.39, 0.29) is 0 Å². The molecule has 0 aliphatic heterocycles. The lowest BCUT2D eigenvalue weighted by atomic mass is 10.3. The predicted octanol–water partition coefficient (Wildman–Crippen LogP) is 1.95. The van der Waals surface area contributed by atoms with E-state index in [1.165, 1.54) is 0 Å². The van der Waals surface area contributed by atoms with Crippen molar-refractivity contribution < 1.29 is 4.52 Å². The van der Waals surface area contributed by atoms with Crippen molar-refractivity contribution in [2.45, 2.75) is 12.8 Å². The predicted molar refractivity (Wildman–Crippen MR) is 59.9 cm³/mol. The average molecular weight is 223 g/mol. The topological polar surface area (TPSA) is 51.0 Å². The van der Waals surface area contributed by atoms with Crippen LogP contribution < -0.4 is 5.32 Å². The number of nitrogens with one attached hydrogen (secondary N) is 1. The third kappa shape index (κ3) is 2.64. The van der Waals surface area contributed by atoms with Crippen LogP contribution in [0.15, 0.2) is 22.0 Å². The van der Waals surface area contributed by atoms with E-state index in [1.54, 1.807) is 11.3 Å². The molecule has 0 saturated carbocycles. The fraction of sp³-hybridized carbons (Fsp3) is 0.400. The highest BCUT2D eigenvalue weighted by molar-refractivity contribution is 7.13. The number of nitrogens with zero attached hydrogens (tertiary/aromatic N) is 2. The Morgan fingerprint density at radius 1 is 1.53 bits per heavy atom. The number of aromatic nitrogens is 2. The first-order chi connectivity index (χ1) is 7.40. The first kappa shape index (κ1) is 10.3. The Bertz CT molecular complexity index is 396. The second kappa shape index (κ2) is 5.04. The van der Waals surface area contributed by atoms with E-state index in [0.717, 1.165) is 24.3 Å². The third-order valence-corrected chi connectivity index (χ3v) is 2.89. The van der Waals surface area contributed by atoms with E-state index in [1.807, 2.05) is 24.6 Å². The van der Waals surface area contributed by atoms with Crippen molar-refractivity contribution in [2.24, 2.45) is 0 Å². The molecule has 0 spiro atoms. The Balaban J connectivity index is 1.98. The van der Waals surface area contributed by atoms with Gasteiger partial charge in [-0.15, -0.1) is 11.3 Å². The fourth-order valence-electron chi connectivity index (χ4n) is 1.28. The Morgan fingerprint density at radius 2 is 2.47 bits per heavy atom. The molecule has 0 atom stereocenters. The number of thiophene rings is 1. The van der Waals surface area contributed by atoms with Crippen molar-refractivity contribution >= 4 is 11.3 Å². The van der Waals surface area contributed by atoms with Gasteiger partial charge in [-0.05, 0) is 31.5 Å². The molecule has 15 heavy (non-hydrogen) atoms. The maximum Gasteiger partial charge on any atom is 0.227 e. The van der Waals surface area contributed by atoms with E-state index in [2.05, 4.69) is 15.5 Å². The zero-order valence-electron chi connectivity index (χ0n) is 8.56. The molecule has 0 unspecified atom stereocenters.